The van der Waals surface area contributed by atoms with E-state index >= 15 is 0 Å². The summed E-state index contributed by atoms with van der Waals surface area (Å²) < 4.78 is 0. The van der Waals surface area contributed by atoms with Crippen LogP contribution in [0.5, 0.6) is 0 Å². The molecule has 1 saturated carbocycles. The summed E-state index contributed by atoms with van der Waals surface area (Å²) in [5.74, 6) is 0.242. The molecule has 2 fully saturated rings. The number of urea groups is 1. The zero-order valence-electron chi connectivity index (χ0n) is 11.7. The minimum Gasteiger partial charge on any atom is -0.389 e. The maximum Gasteiger partial charge on any atom is 0.321 e. The Morgan fingerprint density at radius 1 is 1.25 bits per heavy atom. The standard InChI is InChI=1S/C16H22N2O2/c19-15(17-14-7-2-1-3-8-14)18-11-10-16(20)9-5-4-6-13(16)12-18/h1-3,7-8,13,20H,4-6,9-12H2,(H,17,19). The predicted octanol–water partition coefficient (Wildman–Crippen LogP) is 2.85. The Bertz CT molecular complexity index is 477. The number of carbonyl (C=O) groups excluding carboxylic acids is 1. The van der Waals surface area contributed by atoms with Crippen LogP contribution in [0, 0.1) is 5.92 Å². The van der Waals surface area contributed by atoms with Gasteiger partial charge in [-0.05, 0) is 31.4 Å². The minimum atomic E-state index is -0.526. The fourth-order valence-electron chi connectivity index (χ4n) is 3.48. The highest BCUT2D eigenvalue weighted by atomic mass is 16.3. The molecule has 4 nitrogen and oxygen atoms in total. The normalized spacial score (nSPS) is 29.6. The number of piperidine rings is 1. The van der Waals surface area contributed by atoms with Gasteiger partial charge in [-0.2, -0.15) is 0 Å². The van der Waals surface area contributed by atoms with E-state index in [1.807, 2.05) is 35.2 Å². The van der Waals surface area contributed by atoms with Crippen molar-refractivity contribution < 1.29 is 9.90 Å². The molecular weight excluding hydrogens is 252 g/mol. The summed E-state index contributed by atoms with van der Waals surface area (Å²) in [5, 5.41) is 13.5. The van der Waals surface area contributed by atoms with Gasteiger partial charge in [0.15, 0.2) is 0 Å². The van der Waals surface area contributed by atoms with E-state index in [0.717, 1.165) is 24.9 Å². The number of amides is 2. The Balaban J connectivity index is 1.63. The van der Waals surface area contributed by atoms with Gasteiger partial charge in [0.25, 0.3) is 0 Å². The van der Waals surface area contributed by atoms with E-state index in [-0.39, 0.29) is 11.9 Å². The summed E-state index contributed by atoms with van der Waals surface area (Å²) in [6, 6.07) is 9.47. The minimum absolute atomic E-state index is 0.0520. The third kappa shape index (κ3) is 2.66. The van der Waals surface area contributed by atoms with E-state index in [2.05, 4.69) is 5.32 Å². The first kappa shape index (κ1) is 13.4. The second kappa shape index (κ2) is 5.44. The lowest BCUT2D eigenvalue weighted by molar-refractivity contribution is -0.0863. The first-order chi connectivity index (χ1) is 9.67. The number of hydrogen-bond donors (Lipinski definition) is 2. The molecule has 1 aromatic rings. The second-order valence-electron chi connectivity index (χ2n) is 6.04. The van der Waals surface area contributed by atoms with Gasteiger partial charge in [-0.1, -0.05) is 31.0 Å². The summed E-state index contributed by atoms with van der Waals surface area (Å²) in [7, 11) is 0. The molecular formula is C16H22N2O2. The largest absolute Gasteiger partial charge is 0.389 e. The van der Waals surface area contributed by atoms with Gasteiger partial charge in [-0.3, -0.25) is 0 Å². The van der Waals surface area contributed by atoms with Gasteiger partial charge in [0.1, 0.15) is 0 Å². The molecule has 2 aliphatic rings. The summed E-state index contributed by atoms with van der Waals surface area (Å²) in [6.45, 7) is 1.32. The lowest BCUT2D eigenvalue weighted by Gasteiger charge is -2.47. The number of likely N-dealkylation sites (tertiary alicyclic amines) is 1. The monoisotopic (exact) mass is 274 g/mol. The second-order valence-corrected chi connectivity index (χ2v) is 6.04. The Labute approximate surface area is 119 Å². The molecule has 20 heavy (non-hydrogen) atoms. The Kier molecular flexibility index (Phi) is 3.66. The van der Waals surface area contributed by atoms with Crippen LogP contribution in [0.25, 0.3) is 0 Å². The molecule has 0 aromatic heterocycles. The van der Waals surface area contributed by atoms with Gasteiger partial charge in [0, 0.05) is 24.7 Å². The number of benzene rings is 1. The number of nitrogens with zero attached hydrogens (tertiary/aromatic N) is 1. The lowest BCUT2D eigenvalue weighted by atomic mass is 9.71. The number of fused-ring (bicyclic) bond motifs is 1. The van der Waals surface area contributed by atoms with E-state index in [0.29, 0.717) is 19.5 Å². The van der Waals surface area contributed by atoms with Crippen LogP contribution in [0.1, 0.15) is 32.1 Å². The quantitative estimate of drug-likeness (QED) is 0.827. The van der Waals surface area contributed by atoms with Crippen molar-refractivity contribution in [3.05, 3.63) is 30.3 Å². The van der Waals surface area contributed by atoms with Crippen molar-refractivity contribution in [2.24, 2.45) is 5.92 Å². The van der Waals surface area contributed by atoms with Crippen LogP contribution in [0.3, 0.4) is 0 Å². The Hall–Kier alpha value is -1.55. The molecule has 2 N–H and O–H groups in total. The fourth-order valence-corrected chi connectivity index (χ4v) is 3.48. The van der Waals surface area contributed by atoms with Crippen molar-refractivity contribution in [1.29, 1.82) is 0 Å². The van der Waals surface area contributed by atoms with Crippen molar-refractivity contribution in [1.82, 2.24) is 4.90 Å². The van der Waals surface area contributed by atoms with Crippen molar-refractivity contribution in [2.75, 3.05) is 18.4 Å². The van der Waals surface area contributed by atoms with Crippen LogP contribution in [0.2, 0.25) is 0 Å². The maximum absolute atomic E-state index is 12.3. The van der Waals surface area contributed by atoms with E-state index in [1.54, 1.807) is 0 Å². The van der Waals surface area contributed by atoms with Gasteiger partial charge >= 0.3 is 6.03 Å². The van der Waals surface area contributed by atoms with Gasteiger partial charge in [0.05, 0.1) is 5.60 Å². The van der Waals surface area contributed by atoms with Gasteiger partial charge in [-0.15, -0.1) is 0 Å². The third-order valence-electron chi connectivity index (χ3n) is 4.74. The molecule has 1 saturated heterocycles. The van der Waals surface area contributed by atoms with Gasteiger partial charge in [-0.25, -0.2) is 4.79 Å². The van der Waals surface area contributed by atoms with Crippen molar-refractivity contribution >= 4 is 11.7 Å². The molecule has 2 amide bonds. The van der Waals surface area contributed by atoms with Crippen LogP contribution in [0.4, 0.5) is 10.5 Å². The average molecular weight is 274 g/mol. The molecule has 1 heterocycles. The number of para-hydroxylation sites is 1. The first-order valence-electron chi connectivity index (χ1n) is 7.51. The molecule has 108 valence electrons. The topological polar surface area (TPSA) is 52.6 Å². The fraction of sp³-hybridized carbons (Fsp3) is 0.562. The zero-order chi connectivity index (χ0) is 14.0. The zero-order valence-corrected chi connectivity index (χ0v) is 11.7. The highest BCUT2D eigenvalue weighted by molar-refractivity contribution is 5.89. The van der Waals surface area contributed by atoms with Crippen molar-refractivity contribution in [3.8, 4) is 0 Å². The number of hydrogen-bond acceptors (Lipinski definition) is 2. The molecule has 4 heteroatoms. The Morgan fingerprint density at radius 3 is 2.85 bits per heavy atom. The van der Waals surface area contributed by atoms with Crippen LogP contribution >= 0.6 is 0 Å². The lowest BCUT2D eigenvalue weighted by Crippen LogP contribution is -2.55. The molecule has 0 spiro atoms. The molecule has 3 rings (SSSR count). The first-order valence-corrected chi connectivity index (χ1v) is 7.51. The number of carbonyl (C=O) groups is 1. The summed E-state index contributed by atoms with van der Waals surface area (Å²) in [5.41, 5.74) is 0.295. The third-order valence-corrected chi connectivity index (χ3v) is 4.74. The van der Waals surface area contributed by atoms with E-state index in [4.69, 9.17) is 0 Å². The molecule has 0 bridgehead atoms. The molecule has 1 aromatic carbocycles. The van der Waals surface area contributed by atoms with E-state index in [1.165, 1.54) is 6.42 Å². The molecule has 1 aliphatic carbocycles. The SMILES string of the molecule is O=C(Nc1ccccc1)N1CCC2(O)CCCCC2C1. The molecule has 1 aliphatic heterocycles. The number of rotatable bonds is 1. The predicted molar refractivity (Wildman–Crippen MR) is 78.6 cm³/mol. The smallest absolute Gasteiger partial charge is 0.321 e. The molecule has 0 radical (unpaired) electrons. The highest BCUT2D eigenvalue weighted by Gasteiger charge is 2.43. The summed E-state index contributed by atoms with van der Waals surface area (Å²) in [4.78, 5) is 14.1. The van der Waals surface area contributed by atoms with Crippen LogP contribution in [0.15, 0.2) is 30.3 Å². The van der Waals surface area contributed by atoms with Crippen LogP contribution in [-0.4, -0.2) is 34.7 Å². The van der Waals surface area contributed by atoms with Crippen molar-refractivity contribution in [3.63, 3.8) is 0 Å². The number of nitrogens with one attached hydrogen (secondary N) is 1. The highest BCUT2D eigenvalue weighted by Crippen LogP contribution is 2.39. The maximum atomic E-state index is 12.3. The van der Waals surface area contributed by atoms with Gasteiger partial charge < -0.3 is 15.3 Å². The van der Waals surface area contributed by atoms with Crippen molar-refractivity contribution in [2.45, 2.75) is 37.7 Å². The Morgan fingerprint density at radius 2 is 2.05 bits per heavy atom. The molecule has 2 unspecified atom stereocenters. The van der Waals surface area contributed by atoms with E-state index in [9.17, 15) is 9.90 Å². The number of aliphatic hydroxyl groups is 1. The summed E-state index contributed by atoms with van der Waals surface area (Å²) in [6.07, 6.45) is 4.92. The van der Waals surface area contributed by atoms with Crippen LogP contribution in [-0.2, 0) is 0 Å². The average Bonchev–Trinajstić information content (AvgIpc) is 2.47. The summed E-state index contributed by atoms with van der Waals surface area (Å²) >= 11 is 0. The van der Waals surface area contributed by atoms with Crippen LogP contribution < -0.4 is 5.32 Å². The number of anilines is 1. The van der Waals surface area contributed by atoms with Gasteiger partial charge in [0.2, 0.25) is 0 Å². The molecule has 2 atom stereocenters. The van der Waals surface area contributed by atoms with E-state index < -0.39 is 5.60 Å².